The molecule has 1 heterocycles. The van der Waals surface area contributed by atoms with Gasteiger partial charge in [0.05, 0.1) is 5.52 Å². The Morgan fingerprint density at radius 2 is 2.12 bits per heavy atom. The van der Waals surface area contributed by atoms with Crippen molar-refractivity contribution in [2.24, 2.45) is 0 Å². The van der Waals surface area contributed by atoms with Crippen molar-refractivity contribution in [1.82, 2.24) is 9.88 Å². The molecular formula is C12H13N3O. The number of nitrogens with one attached hydrogen (secondary N) is 1. The molecule has 0 aliphatic heterocycles. The summed E-state index contributed by atoms with van der Waals surface area (Å²) in [4.78, 5) is 17.2. The molecule has 2 amide bonds. The highest BCUT2D eigenvalue weighted by atomic mass is 16.2. The van der Waals surface area contributed by atoms with Crippen molar-refractivity contribution < 1.29 is 4.79 Å². The molecule has 1 aromatic carbocycles. The molecule has 82 valence electrons. The molecule has 1 aromatic heterocycles. The van der Waals surface area contributed by atoms with E-state index < -0.39 is 0 Å². The number of benzene rings is 1. The second-order valence-corrected chi connectivity index (χ2v) is 3.74. The molecule has 2 rings (SSSR count). The third kappa shape index (κ3) is 2.11. The van der Waals surface area contributed by atoms with Gasteiger partial charge in [0.2, 0.25) is 0 Å². The Kier molecular flexibility index (Phi) is 2.72. The lowest BCUT2D eigenvalue weighted by atomic mass is 10.2. The van der Waals surface area contributed by atoms with E-state index in [2.05, 4.69) is 10.3 Å². The number of rotatable bonds is 1. The van der Waals surface area contributed by atoms with E-state index in [9.17, 15) is 4.79 Å². The molecule has 0 aliphatic carbocycles. The van der Waals surface area contributed by atoms with Gasteiger partial charge in [-0.25, -0.2) is 4.79 Å². The zero-order valence-corrected chi connectivity index (χ0v) is 9.27. The first-order chi connectivity index (χ1) is 7.66. The summed E-state index contributed by atoms with van der Waals surface area (Å²) < 4.78 is 0. The summed E-state index contributed by atoms with van der Waals surface area (Å²) >= 11 is 0. The molecular weight excluding hydrogens is 202 g/mol. The van der Waals surface area contributed by atoms with Crippen LogP contribution in [0.15, 0.2) is 36.5 Å². The van der Waals surface area contributed by atoms with Crippen LogP contribution in [-0.2, 0) is 0 Å². The number of hydrogen-bond donors (Lipinski definition) is 1. The average Bonchev–Trinajstić information content (AvgIpc) is 2.28. The quantitative estimate of drug-likeness (QED) is 0.793. The van der Waals surface area contributed by atoms with E-state index in [1.165, 1.54) is 4.90 Å². The molecule has 1 N–H and O–H groups in total. The molecule has 0 aliphatic rings. The first-order valence-electron chi connectivity index (χ1n) is 5.00. The Morgan fingerprint density at radius 1 is 1.31 bits per heavy atom. The maximum atomic E-state index is 11.4. The molecule has 0 atom stereocenters. The molecule has 16 heavy (non-hydrogen) atoms. The number of amides is 2. The zero-order valence-electron chi connectivity index (χ0n) is 9.27. The lowest BCUT2D eigenvalue weighted by molar-refractivity contribution is 0.230. The summed E-state index contributed by atoms with van der Waals surface area (Å²) in [5.74, 6) is 0. The molecule has 0 unspecified atom stereocenters. The monoisotopic (exact) mass is 215 g/mol. The normalized spacial score (nSPS) is 10.1. The summed E-state index contributed by atoms with van der Waals surface area (Å²) in [6.07, 6.45) is 1.75. The highest BCUT2D eigenvalue weighted by Crippen LogP contribution is 2.16. The smallest absolute Gasteiger partial charge is 0.321 e. The lowest BCUT2D eigenvalue weighted by Crippen LogP contribution is -2.27. The maximum Gasteiger partial charge on any atom is 0.321 e. The van der Waals surface area contributed by atoms with Gasteiger partial charge in [0, 0.05) is 31.4 Å². The number of urea groups is 1. The number of pyridine rings is 1. The molecule has 0 radical (unpaired) electrons. The number of carbonyl (C=O) groups excluding carboxylic acids is 1. The number of aromatic nitrogens is 1. The number of anilines is 1. The summed E-state index contributed by atoms with van der Waals surface area (Å²) in [5, 5.41) is 3.81. The number of hydrogen-bond acceptors (Lipinski definition) is 2. The largest absolute Gasteiger partial charge is 0.331 e. The fourth-order valence-corrected chi connectivity index (χ4v) is 1.39. The van der Waals surface area contributed by atoms with Crippen molar-refractivity contribution in [3.63, 3.8) is 0 Å². The number of carbonyl (C=O) groups is 1. The fourth-order valence-electron chi connectivity index (χ4n) is 1.39. The second kappa shape index (κ2) is 4.18. The van der Waals surface area contributed by atoms with Gasteiger partial charge in [-0.2, -0.15) is 0 Å². The SMILES string of the molecule is CN(C)C(=O)Nc1ccc2ncccc2c1. The van der Waals surface area contributed by atoms with Crippen LogP contribution in [0.1, 0.15) is 0 Å². The predicted molar refractivity (Wildman–Crippen MR) is 64.4 cm³/mol. The van der Waals surface area contributed by atoms with E-state index in [4.69, 9.17) is 0 Å². The van der Waals surface area contributed by atoms with Crippen molar-refractivity contribution in [2.45, 2.75) is 0 Å². The van der Waals surface area contributed by atoms with Crippen molar-refractivity contribution in [2.75, 3.05) is 19.4 Å². The minimum absolute atomic E-state index is 0.136. The molecule has 4 nitrogen and oxygen atoms in total. The molecule has 4 heteroatoms. The highest BCUT2D eigenvalue weighted by molar-refractivity contribution is 5.92. The molecule has 0 fully saturated rings. The Bertz CT molecular complexity index is 522. The molecule has 0 saturated carbocycles. The summed E-state index contributed by atoms with van der Waals surface area (Å²) in [5.41, 5.74) is 1.70. The Morgan fingerprint density at radius 3 is 2.88 bits per heavy atom. The third-order valence-electron chi connectivity index (χ3n) is 2.26. The summed E-state index contributed by atoms with van der Waals surface area (Å²) in [7, 11) is 3.41. The van der Waals surface area contributed by atoms with Crippen LogP contribution < -0.4 is 5.32 Å². The van der Waals surface area contributed by atoms with E-state index in [1.807, 2.05) is 30.3 Å². The van der Waals surface area contributed by atoms with Crippen molar-refractivity contribution in [1.29, 1.82) is 0 Å². The Labute approximate surface area is 93.9 Å². The van der Waals surface area contributed by atoms with Gasteiger partial charge in [-0.3, -0.25) is 4.98 Å². The number of fused-ring (bicyclic) bond motifs is 1. The first kappa shape index (κ1) is 10.4. The molecule has 0 spiro atoms. The van der Waals surface area contributed by atoms with Crippen LogP contribution in [0, 0.1) is 0 Å². The van der Waals surface area contributed by atoms with Crippen molar-refractivity contribution in [3.8, 4) is 0 Å². The van der Waals surface area contributed by atoms with Gasteiger partial charge < -0.3 is 10.2 Å². The van der Waals surface area contributed by atoms with Gasteiger partial charge in [-0.1, -0.05) is 6.07 Å². The van der Waals surface area contributed by atoms with E-state index in [-0.39, 0.29) is 6.03 Å². The van der Waals surface area contributed by atoms with Gasteiger partial charge in [0.15, 0.2) is 0 Å². The first-order valence-corrected chi connectivity index (χ1v) is 5.00. The van der Waals surface area contributed by atoms with Gasteiger partial charge in [-0.15, -0.1) is 0 Å². The highest BCUT2D eigenvalue weighted by Gasteiger charge is 2.04. The van der Waals surface area contributed by atoms with E-state index >= 15 is 0 Å². The van der Waals surface area contributed by atoms with Crippen LogP contribution in [0.2, 0.25) is 0 Å². The van der Waals surface area contributed by atoms with Crippen LogP contribution in [-0.4, -0.2) is 30.0 Å². The second-order valence-electron chi connectivity index (χ2n) is 3.74. The van der Waals surface area contributed by atoms with Crippen LogP contribution in [0.25, 0.3) is 10.9 Å². The zero-order chi connectivity index (χ0) is 11.5. The average molecular weight is 215 g/mol. The topological polar surface area (TPSA) is 45.2 Å². The van der Waals surface area contributed by atoms with E-state index in [1.54, 1.807) is 20.3 Å². The fraction of sp³-hybridized carbons (Fsp3) is 0.167. The van der Waals surface area contributed by atoms with Crippen LogP contribution in [0.4, 0.5) is 10.5 Å². The van der Waals surface area contributed by atoms with Crippen LogP contribution >= 0.6 is 0 Å². The lowest BCUT2D eigenvalue weighted by Gasteiger charge is -2.12. The minimum atomic E-state index is -0.136. The van der Waals surface area contributed by atoms with E-state index in [0.717, 1.165) is 16.6 Å². The van der Waals surface area contributed by atoms with Gasteiger partial charge >= 0.3 is 6.03 Å². The van der Waals surface area contributed by atoms with Crippen molar-refractivity contribution >= 4 is 22.6 Å². The standard InChI is InChI=1S/C12H13N3O/c1-15(2)12(16)14-10-5-6-11-9(8-10)4-3-7-13-11/h3-8H,1-2H3,(H,14,16). The Balaban J connectivity index is 2.29. The molecule has 0 bridgehead atoms. The van der Waals surface area contributed by atoms with Crippen molar-refractivity contribution in [3.05, 3.63) is 36.5 Å². The van der Waals surface area contributed by atoms with E-state index in [0.29, 0.717) is 0 Å². The van der Waals surface area contributed by atoms with Gasteiger partial charge in [0.1, 0.15) is 0 Å². The number of nitrogens with zero attached hydrogens (tertiary/aromatic N) is 2. The molecule has 0 saturated heterocycles. The molecule has 2 aromatic rings. The Hall–Kier alpha value is -2.10. The minimum Gasteiger partial charge on any atom is -0.331 e. The van der Waals surface area contributed by atoms with Crippen LogP contribution in [0.3, 0.4) is 0 Å². The maximum absolute atomic E-state index is 11.4. The summed E-state index contributed by atoms with van der Waals surface area (Å²) in [6, 6.07) is 9.34. The van der Waals surface area contributed by atoms with Gasteiger partial charge in [0.25, 0.3) is 0 Å². The third-order valence-corrected chi connectivity index (χ3v) is 2.26. The van der Waals surface area contributed by atoms with Crippen LogP contribution in [0.5, 0.6) is 0 Å². The van der Waals surface area contributed by atoms with Gasteiger partial charge in [-0.05, 0) is 24.3 Å². The summed E-state index contributed by atoms with van der Waals surface area (Å²) in [6.45, 7) is 0. The predicted octanol–water partition coefficient (Wildman–Crippen LogP) is 2.33.